The second-order valence-corrected chi connectivity index (χ2v) is 7.71. The largest absolute Gasteiger partial charge is 0.496 e. The summed E-state index contributed by atoms with van der Waals surface area (Å²) in [6.07, 6.45) is 4.86. The van der Waals surface area contributed by atoms with Crippen LogP contribution in [0.2, 0.25) is 0 Å². The van der Waals surface area contributed by atoms with Gasteiger partial charge in [-0.1, -0.05) is 40.9 Å². The fourth-order valence-corrected chi connectivity index (χ4v) is 4.59. The minimum atomic E-state index is -0.118. The van der Waals surface area contributed by atoms with E-state index in [9.17, 15) is 0 Å². The third-order valence-electron chi connectivity index (χ3n) is 5.47. The number of rotatable bonds is 3. The summed E-state index contributed by atoms with van der Waals surface area (Å²) in [7, 11) is 3.48. The molecule has 2 aromatic carbocycles. The first kappa shape index (κ1) is 16.9. The van der Waals surface area contributed by atoms with Gasteiger partial charge in [0.2, 0.25) is 0 Å². The van der Waals surface area contributed by atoms with Crippen molar-refractivity contribution in [2.45, 2.75) is 43.8 Å². The highest BCUT2D eigenvalue weighted by molar-refractivity contribution is 9.10. The summed E-state index contributed by atoms with van der Waals surface area (Å²) in [5.41, 5.74) is 3.57. The second-order valence-electron chi connectivity index (χ2n) is 6.79. The third kappa shape index (κ3) is 2.96. The molecule has 4 heteroatoms. The standard InChI is InChI=1S/C21H23BrO3/c1-23-17-11-12-18(24-2)20-19(17)15-5-3-4-6-16(15)25-21(20)13-7-9-14(22)10-8-13/h7-12,15-16,21H,3-6H2,1-2H3/t15-,16-,21-/m0/s1. The lowest BCUT2D eigenvalue weighted by molar-refractivity contribution is -0.0406. The summed E-state index contributed by atoms with van der Waals surface area (Å²) in [6.45, 7) is 0. The zero-order chi connectivity index (χ0) is 17.4. The first-order valence-corrected chi connectivity index (χ1v) is 9.68. The molecule has 1 aliphatic heterocycles. The maximum absolute atomic E-state index is 6.63. The van der Waals surface area contributed by atoms with Crippen LogP contribution in [-0.4, -0.2) is 20.3 Å². The molecule has 0 saturated heterocycles. The molecule has 4 rings (SSSR count). The van der Waals surface area contributed by atoms with Crippen molar-refractivity contribution in [3.63, 3.8) is 0 Å². The van der Waals surface area contributed by atoms with Crippen molar-refractivity contribution in [1.29, 1.82) is 0 Å². The molecule has 0 radical (unpaired) electrons. The van der Waals surface area contributed by atoms with Gasteiger partial charge in [-0.05, 0) is 42.7 Å². The Morgan fingerprint density at radius 2 is 1.52 bits per heavy atom. The molecular formula is C21H23BrO3. The topological polar surface area (TPSA) is 27.7 Å². The molecule has 0 N–H and O–H groups in total. The lowest BCUT2D eigenvalue weighted by Gasteiger charge is -2.42. The molecule has 2 aromatic rings. The Bertz CT molecular complexity index is 756. The Labute approximate surface area is 157 Å². The van der Waals surface area contributed by atoms with Crippen LogP contribution in [0.1, 0.15) is 54.4 Å². The molecular weight excluding hydrogens is 380 g/mol. The van der Waals surface area contributed by atoms with Crippen LogP contribution in [0, 0.1) is 0 Å². The minimum absolute atomic E-state index is 0.118. The van der Waals surface area contributed by atoms with Gasteiger partial charge in [-0.2, -0.15) is 0 Å². The molecule has 0 amide bonds. The number of ether oxygens (including phenoxy) is 3. The number of halogens is 1. The second kappa shape index (κ2) is 7.00. The number of hydrogen-bond acceptors (Lipinski definition) is 3. The van der Waals surface area contributed by atoms with Gasteiger partial charge in [-0.25, -0.2) is 0 Å². The lowest BCUT2D eigenvalue weighted by Crippen LogP contribution is -2.34. The highest BCUT2D eigenvalue weighted by Crippen LogP contribution is 2.52. The molecule has 0 unspecified atom stereocenters. The number of benzene rings is 2. The molecule has 0 spiro atoms. The summed E-state index contributed by atoms with van der Waals surface area (Å²) in [5.74, 6) is 2.23. The van der Waals surface area contributed by atoms with Crippen LogP contribution < -0.4 is 9.47 Å². The zero-order valence-corrected chi connectivity index (χ0v) is 16.2. The summed E-state index contributed by atoms with van der Waals surface area (Å²) in [4.78, 5) is 0. The average molecular weight is 403 g/mol. The van der Waals surface area contributed by atoms with Gasteiger partial charge in [0.15, 0.2) is 0 Å². The van der Waals surface area contributed by atoms with Gasteiger partial charge in [0.05, 0.1) is 20.3 Å². The normalized spacial score (nSPS) is 25.0. The first-order valence-electron chi connectivity index (χ1n) is 8.88. The molecule has 1 fully saturated rings. The smallest absolute Gasteiger partial charge is 0.125 e. The molecule has 3 atom stereocenters. The van der Waals surface area contributed by atoms with Crippen LogP contribution in [0.15, 0.2) is 40.9 Å². The molecule has 1 aliphatic carbocycles. The minimum Gasteiger partial charge on any atom is -0.496 e. The summed E-state index contributed by atoms with van der Waals surface area (Å²) in [5, 5.41) is 0. The molecule has 1 saturated carbocycles. The van der Waals surface area contributed by atoms with Gasteiger partial charge in [0, 0.05) is 21.5 Å². The molecule has 1 heterocycles. The van der Waals surface area contributed by atoms with Gasteiger partial charge >= 0.3 is 0 Å². The van der Waals surface area contributed by atoms with Gasteiger partial charge in [0.1, 0.15) is 17.6 Å². The van der Waals surface area contributed by atoms with Crippen LogP contribution in [0.25, 0.3) is 0 Å². The van der Waals surface area contributed by atoms with Crippen molar-refractivity contribution in [3.8, 4) is 11.5 Å². The number of fused-ring (bicyclic) bond motifs is 3. The number of methoxy groups -OCH3 is 2. The third-order valence-corrected chi connectivity index (χ3v) is 5.99. The van der Waals surface area contributed by atoms with E-state index in [0.29, 0.717) is 5.92 Å². The van der Waals surface area contributed by atoms with E-state index in [1.165, 1.54) is 18.4 Å². The van der Waals surface area contributed by atoms with E-state index >= 15 is 0 Å². The Hall–Kier alpha value is -1.52. The van der Waals surface area contributed by atoms with E-state index < -0.39 is 0 Å². The molecule has 25 heavy (non-hydrogen) atoms. The molecule has 3 nitrogen and oxygen atoms in total. The highest BCUT2D eigenvalue weighted by Gasteiger charge is 2.41. The first-order chi connectivity index (χ1) is 12.2. The fourth-order valence-electron chi connectivity index (χ4n) is 4.32. The zero-order valence-electron chi connectivity index (χ0n) is 14.6. The van der Waals surface area contributed by atoms with E-state index in [4.69, 9.17) is 14.2 Å². The van der Waals surface area contributed by atoms with Crippen LogP contribution in [0.4, 0.5) is 0 Å². The number of hydrogen-bond donors (Lipinski definition) is 0. The average Bonchev–Trinajstić information content (AvgIpc) is 2.67. The van der Waals surface area contributed by atoms with Crippen molar-refractivity contribution in [2.75, 3.05) is 14.2 Å². The maximum Gasteiger partial charge on any atom is 0.125 e. The SMILES string of the molecule is COc1ccc(OC)c2c1[C@H](c1ccc(Br)cc1)O[C@H]1CCCC[C@H]21. The van der Waals surface area contributed by atoms with Crippen LogP contribution in [0.5, 0.6) is 11.5 Å². The van der Waals surface area contributed by atoms with Crippen LogP contribution >= 0.6 is 15.9 Å². The van der Waals surface area contributed by atoms with Crippen molar-refractivity contribution in [1.82, 2.24) is 0 Å². The van der Waals surface area contributed by atoms with Crippen LogP contribution in [0.3, 0.4) is 0 Å². The fraction of sp³-hybridized carbons (Fsp3) is 0.429. The quantitative estimate of drug-likeness (QED) is 0.667. The maximum atomic E-state index is 6.63. The Kier molecular flexibility index (Phi) is 4.74. The molecule has 132 valence electrons. The van der Waals surface area contributed by atoms with Gasteiger partial charge < -0.3 is 14.2 Å². The van der Waals surface area contributed by atoms with Crippen molar-refractivity contribution >= 4 is 15.9 Å². The van der Waals surface area contributed by atoms with E-state index in [2.05, 4.69) is 40.2 Å². The molecule has 0 bridgehead atoms. The summed E-state index contributed by atoms with van der Waals surface area (Å²) >= 11 is 3.52. The Morgan fingerprint density at radius 3 is 2.20 bits per heavy atom. The van der Waals surface area contributed by atoms with Gasteiger partial charge in [0.25, 0.3) is 0 Å². The van der Waals surface area contributed by atoms with Gasteiger partial charge in [-0.3, -0.25) is 0 Å². The molecule has 0 aromatic heterocycles. The summed E-state index contributed by atoms with van der Waals surface area (Å²) < 4.78 is 19.2. The summed E-state index contributed by atoms with van der Waals surface area (Å²) in [6, 6.07) is 12.4. The van der Waals surface area contributed by atoms with E-state index in [1.54, 1.807) is 14.2 Å². The van der Waals surface area contributed by atoms with Crippen LogP contribution in [-0.2, 0) is 4.74 Å². The van der Waals surface area contributed by atoms with E-state index in [-0.39, 0.29) is 12.2 Å². The van der Waals surface area contributed by atoms with Crippen molar-refractivity contribution in [3.05, 3.63) is 57.6 Å². The van der Waals surface area contributed by atoms with Crippen molar-refractivity contribution in [2.24, 2.45) is 0 Å². The predicted octanol–water partition coefficient (Wildman–Crippen LogP) is 5.61. The Balaban J connectivity index is 1.91. The molecule has 2 aliphatic rings. The lowest BCUT2D eigenvalue weighted by atomic mass is 9.75. The van der Waals surface area contributed by atoms with Gasteiger partial charge in [-0.15, -0.1) is 0 Å². The van der Waals surface area contributed by atoms with E-state index in [1.807, 2.05) is 12.1 Å². The highest BCUT2D eigenvalue weighted by atomic mass is 79.9. The Morgan fingerprint density at radius 1 is 0.880 bits per heavy atom. The van der Waals surface area contributed by atoms with Crippen molar-refractivity contribution < 1.29 is 14.2 Å². The monoisotopic (exact) mass is 402 g/mol. The predicted molar refractivity (Wildman–Crippen MR) is 102 cm³/mol. The van der Waals surface area contributed by atoms with E-state index in [0.717, 1.165) is 39.9 Å².